The van der Waals surface area contributed by atoms with Crippen LogP contribution in [0.1, 0.15) is 17.3 Å². The number of anilines is 1. The SMILES string of the molecule is CCOc1ccc(C(=O)N2CCN(c3cccc[n+]3O)CC2)cc1[N+](=O)[O-]. The molecule has 1 aliphatic heterocycles. The van der Waals surface area contributed by atoms with E-state index in [0.29, 0.717) is 38.6 Å². The number of rotatable bonds is 5. The molecule has 3 rings (SSSR count). The van der Waals surface area contributed by atoms with Crippen molar-refractivity contribution in [2.75, 3.05) is 37.7 Å². The van der Waals surface area contributed by atoms with Crippen molar-refractivity contribution in [3.8, 4) is 5.75 Å². The smallest absolute Gasteiger partial charge is 0.316 e. The van der Waals surface area contributed by atoms with E-state index in [1.54, 1.807) is 36.2 Å². The molecule has 2 aromatic rings. The lowest BCUT2D eigenvalue weighted by Gasteiger charge is -2.31. The maximum Gasteiger partial charge on any atom is 0.316 e. The third-order valence-corrected chi connectivity index (χ3v) is 4.41. The molecule has 142 valence electrons. The van der Waals surface area contributed by atoms with Crippen molar-refractivity contribution in [3.63, 3.8) is 0 Å². The Morgan fingerprint density at radius 3 is 2.63 bits per heavy atom. The fourth-order valence-electron chi connectivity index (χ4n) is 3.07. The molecule has 27 heavy (non-hydrogen) atoms. The first kappa shape index (κ1) is 18.4. The van der Waals surface area contributed by atoms with Gasteiger partial charge in [0, 0.05) is 17.7 Å². The Bertz CT molecular complexity index is 849. The van der Waals surface area contributed by atoms with E-state index in [2.05, 4.69) is 0 Å². The second kappa shape index (κ2) is 7.90. The molecule has 9 heteroatoms. The monoisotopic (exact) mass is 373 g/mol. The third-order valence-electron chi connectivity index (χ3n) is 4.41. The van der Waals surface area contributed by atoms with E-state index in [1.165, 1.54) is 12.1 Å². The van der Waals surface area contributed by atoms with Gasteiger partial charge >= 0.3 is 11.5 Å². The molecule has 0 unspecified atom stereocenters. The first-order chi connectivity index (χ1) is 13.0. The molecule has 9 nitrogen and oxygen atoms in total. The number of pyridine rings is 1. The predicted octanol–water partition coefficient (Wildman–Crippen LogP) is 1.48. The molecule has 0 radical (unpaired) electrons. The lowest BCUT2D eigenvalue weighted by Crippen LogP contribution is -2.52. The molecule has 1 amide bonds. The van der Waals surface area contributed by atoms with Gasteiger partial charge in [-0.1, -0.05) is 10.8 Å². The van der Waals surface area contributed by atoms with Crippen LogP contribution in [0.3, 0.4) is 0 Å². The van der Waals surface area contributed by atoms with E-state index in [-0.39, 0.29) is 22.9 Å². The Balaban J connectivity index is 1.71. The molecular weight excluding hydrogens is 352 g/mol. The van der Waals surface area contributed by atoms with Crippen LogP contribution >= 0.6 is 0 Å². The lowest BCUT2D eigenvalue weighted by molar-refractivity contribution is -0.894. The maximum absolute atomic E-state index is 12.7. The van der Waals surface area contributed by atoms with Crippen LogP contribution in [-0.4, -0.2) is 53.7 Å². The van der Waals surface area contributed by atoms with Gasteiger partial charge in [-0.15, -0.1) is 0 Å². The fourth-order valence-corrected chi connectivity index (χ4v) is 3.07. The number of piperazine rings is 1. The molecule has 0 saturated carbocycles. The molecule has 1 fully saturated rings. The van der Waals surface area contributed by atoms with Gasteiger partial charge in [-0.3, -0.25) is 19.8 Å². The molecule has 0 bridgehead atoms. The minimum Gasteiger partial charge on any atom is -0.487 e. The summed E-state index contributed by atoms with van der Waals surface area (Å²) in [5, 5.41) is 21.1. The number of nitro benzene ring substituents is 1. The number of nitro groups is 1. The first-order valence-electron chi connectivity index (χ1n) is 8.66. The summed E-state index contributed by atoms with van der Waals surface area (Å²) >= 11 is 0. The van der Waals surface area contributed by atoms with Crippen molar-refractivity contribution < 1.29 is 24.4 Å². The van der Waals surface area contributed by atoms with Gasteiger partial charge in [0.15, 0.2) is 5.75 Å². The number of carbonyl (C=O) groups is 1. The Morgan fingerprint density at radius 2 is 2.00 bits per heavy atom. The minimum absolute atomic E-state index is 0.153. The van der Waals surface area contributed by atoms with E-state index < -0.39 is 4.92 Å². The van der Waals surface area contributed by atoms with Gasteiger partial charge in [-0.2, -0.15) is 0 Å². The van der Waals surface area contributed by atoms with Gasteiger partial charge < -0.3 is 14.8 Å². The molecule has 0 spiro atoms. The van der Waals surface area contributed by atoms with Crippen LogP contribution in [0.4, 0.5) is 11.5 Å². The average molecular weight is 373 g/mol. The van der Waals surface area contributed by atoms with Crippen LogP contribution in [0.5, 0.6) is 5.75 Å². The molecule has 1 N–H and O–H groups in total. The number of nitrogens with zero attached hydrogens (tertiary/aromatic N) is 4. The van der Waals surface area contributed by atoms with Crippen molar-refractivity contribution >= 4 is 17.4 Å². The summed E-state index contributed by atoms with van der Waals surface area (Å²) in [4.78, 5) is 27.1. The predicted molar refractivity (Wildman–Crippen MR) is 96.2 cm³/mol. The first-order valence-corrected chi connectivity index (χ1v) is 8.66. The molecule has 0 atom stereocenters. The van der Waals surface area contributed by atoms with Crippen molar-refractivity contribution in [1.29, 1.82) is 0 Å². The van der Waals surface area contributed by atoms with Crippen LogP contribution in [0.25, 0.3) is 0 Å². The van der Waals surface area contributed by atoms with Gasteiger partial charge in [0.2, 0.25) is 0 Å². The molecule has 2 heterocycles. The molecule has 0 aliphatic carbocycles. The van der Waals surface area contributed by atoms with Crippen LogP contribution in [0, 0.1) is 10.1 Å². The number of hydrogen-bond acceptors (Lipinski definition) is 6. The Labute approximate surface area is 156 Å². The Morgan fingerprint density at radius 1 is 1.26 bits per heavy atom. The quantitative estimate of drug-likeness (QED) is 0.369. The molecule has 1 saturated heterocycles. The highest BCUT2D eigenvalue weighted by Crippen LogP contribution is 2.28. The number of amides is 1. The highest BCUT2D eigenvalue weighted by molar-refractivity contribution is 5.95. The van der Waals surface area contributed by atoms with Crippen LogP contribution in [0.2, 0.25) is 0 Å². The second-order valence-electron chi connectivity index (χ2n) is 6.06. The largest absolute Gasteiger partial charge is 0.487 e. The molecule has 1 aromatic carbocycles. The van der Waals surface area contributed by atoms with E-state index in [0.717, 1.165) is 4.73 Å². The van der Waals surface area contributed by atoms with Crippen LogP contribution in [-0.2, 0) is 0 Å². The van der Waals surface area contributed by atoms with Gasteiger partial charge in [-0.25, -0.2) is 0 Å². The zero-order valence-electron chi connectivity index (χ0n) is 14.9. The Kier molecular flexibility index (Phi) is 5.39. The second-order valence-corrected chi connectivity index (χ2v) is 6.06. The van der Waals surface area contributed by atoms with E-state index in [4.69, 9.17) is 4.74 Å². The number of ether oxygens (including phenoxy) is 1. The van der Waals surface area contributed by atoms with E-state index in [9.17, 15) is 20.1 Å². The van der Waals surface area contributed by atoms with E-state index in [1.807, 2.05) is 11.0 Å². The summed E-state index contributed by atoms with van der Waals surface area (Å²) < 4.78 is 6.30. The maximum atomic E-state index is 12.7. The van der Waals surface area contributed by atoms with Gasteiger partial charge in [0.25, 0.3) is 5.91 Å². The fraction of sp³-hybridized carbons (Fsp3) is 0.333. The summed E-state index contributed by atoms with van der Waals surface area (Å²) in [6, 6.07) is 9.63. The normalized spacial score (nSPS) is 14.1. The summed E-state index contributed by atoms with van der Waals surface area (Å²) in [6.07, 6.45) is 1.55. The summed E-state index contributed by atoms with van der Waals surface area (Å²) in [6.45, 7) is 4.06. The molecular formula is C18H21N4O5+. The summed E-state index contributed by atoms with van der Waals surface area (Å²) in [5.74, 6) is 0.549. The van der Waals surface area contributed by atoms with Crippen LogP contribution < -0.4 is 14.4 Å². The van der Waals surface area contributed by atoms with E-state index >= 15 is 0 Å². The third kappa shape index (κ3) is 3.91. The van der Waals surface area contributed by atoms with Gasteiger partial charge in [0.05, 0.1) is 24.6 Å². The Hall–Kier alpha value is -3.36. The lowest BCUT2D eigenvalue weighted by atomic mass is 10.1. The average Bonchev–Trinajstić information content (AvgIpc) is 2.68. The molecule has 1 aliphatic rings. The van der Waals surface area contributed by atoms with Crippen molar-refractivity contribution in [1.82, 2.24) is 4.90 Å². The van der Waals surface area contributed by atoms with Crippen molar-refractivity contribution in [2.24, 2.45) is 0 Å². The number of carbonyl (C=O) groups excluding carboxylic acids is 1. The topological polar surface area (TPSA) is 100 Å². The zero-order valence-corrected chi connectivity index (χ0v) is 14.9. The highest BCUT2D eigenvalue weighted by Gasteiger charge is 2.29. The zero-order chi connectivity index (χ0) is 19.4. The van der Waals surface area contributed by atoms with Crippen molar-refractivity contribution in [3.05, 3.63) is 58.3 Å². The molecule has 1 aromatic heterocycles. The van der Waals surface area contributed by atoms with Gasteiger partial charge in [-0.05, 0) is 25.1 Å². The summed E-state index contributed by atoms with van der Waals surface area (Å²) in [5.41, 5.74) is 0.0440. The van der Waals surface area contributed by atoms with Crippen LogP contribution in [0.15, 0.2) is 42.6 Å². The highest BCUT2D eigenvalue weighted by atomic mass is 16.6. The van der Waals surface area contributed by atoms with Gasteiger partial charge in [0.1, 0.15) is 19.3 Å². The minimum atomic E-state index is -0.547. The van der Waals surface area contributed by atoms with Crippen molar-refractivity contribution in [2.45, 2.75) is 6.92 Å². The summed E-state index contributed by atoms with van der Waals surface area (Å²) in [7, 11) is 0. The number of benzene rings is 1. The number of aromatic nitrogens is 1. The number of hydrogen-bond donors (Lipinski definition) is 1. The standard InChI is InChI=1S/C18H21N4O5/c1-2-27-16-7-6-14(13-15(16)22(25)26)18(23)20-11-9-19(10-12-20)17-5-3-4-8-21(17)24/h3-8,13,24H,2,9-12H2,1H3/q+1.